The molecular formula is C12H10F3NO4. The van der Waals surface area contributed by atoms with Gasteiger partial charge in [0, 0.05) is 11.5 Å². The van der Waals surface area contributed by atoms with Crippen LogP contribution >= 0.6 is 0 Å². The second kappa shape index (κ2) is 4.95. The molecule has 20 heavy (non-hydrogen) atoms. The van der Waals surface area contributed by atoms with E-state index in [1.165, 1.54) is 26.4 Å². The number of ether oxygens (including phenoxy) is 3. The average molecular weight is 289 g/mol. The number of aromatic amines is 1. The number of esters is 1. The van der Waals surface area contributed by atoms with Crippen LogP contribution in [0.3, 0.4) is 0 Å². The third kappa shape index (κ3) is 2.79. The Morgan fingerprint density at radius 3 is 2.40 bits per heavy atom. The molecule has 0 radical (unpaired) electrons. The summed E-state index contributed by atoms with van der Waals surface area (Å²) in [6.07, 6.45) is -4.83. The molecule has 1 N–H and O–H groups in total. The molecular weight excluding hydrogens is 279 g/mol. The van der Waals surface area contributed by atoms with E-state index >= 15 is 0 Å². The quantitative estimate of drug-likeness (QED) is 0.883. The number of hydrogen-bond acceptors (Lipinski definition) is 4. The van der Waals surface area contributed by atoms with Gasteiger partial charge in [0.15, 0.2) is 11.5 Å². The Morgan fingerprint density at radius 1 is 1.15 bits per heavy atom. The Labute approximate surface area is 111 Å². The number of fused-ring (bicyclic) bond motifs is 1. The van der Waals surface area contributed by atoms with Crippen LogP contribution in [0.25, 0.3) is 10.9 Å². The summed E-state index contributed by atoms with van der Waals surface area (Å²) in [6, 6.07) is 3.80. The molecule has 2 rings (SSSR count). The highest BCUT2D eigenvalue weighted by Crippen LogP contribution is 2.36. The van der Waals surface area contributed by atoms with Crippen LogP contribution < -0.4 is 9.47 Å². The van der Waals surface area contributed by atoms with Gasteiger partial charge in [0.25, 0.3) is 0 Å². The molecule has 2 aromatic rings. The smallest absolute Gasteiger partial charge is 0.493 e. The summed E-state index contributed by atoms with van der Waals surface area (Å²) >= 11 is 0. The molecule has 8 heteroatoms. The summed E-state index contributed by atoms with van der Waals surface area (Å²) in [5.74, 6) is -1.21. The second-order valence-corrected chi connectivity index (χ2v) is 3.81. The van der Waals surface area contributed by atoms with Crippen molar-refractivity contribution in [2.24, 2.45) is 0 Å². The van der Waals surface area contributed by atoms with Gasteiger partial charge in [-0.05, 0) is 12.1 Å². The first-order valence-electron chi connectivity index (χ1n) is 5.39. The number of halogens is 3. The van der Waals surface area contributed by atoms with Crippen molar-refractivity contribution in [2.75, 3.05) is 14.2 Å². The van der Waals surface area contributed by atoms with Gasteiger partial charge in [0.1, 0.15) is 5.69 Å². The first-order chi connectivity index (χ1) is 9.34. The number of aromatic nitrogens is 1. The maximum Gasteiger partial charge on any atom is 0.573 e. The molecule has 1 heterocycles. The lowest BCUT2D eigenvalue weighted by Gasteiger charge is -2.12. The largest absolute Gasteiger partial charge is 0.573 e. The lowest BCUT2D eigenvalue weighted by molar-refractivity contribution is -0.275. The zero-order valence-electron chi connectivity index (χ0n) is 10.5. The number of benzene rings is 1. The van der Waals surface area contributed by atoms with Gasteiger partial charge in [-0.3, -0.25) is 0 Å². The molecule has 1 aromatic heterocycles. The number of rotatable bonds is 3. The van der Waals surface area contributed by atoms with Crippen molar-refractivity contribution in [3.63, 3.8) is 0 Å². The van der Waals surface area contributed by atoms with E-state index in [-0.39, 0.29) is 11.4 Å². The molecule has 0 spiro atoms. The standard InChI is InChI=1S/C12H10F3NO4/c1-18-9-5-7-6(3-8(16-7)11(17)19-2)4-10(9)20-12(13,14)15/h3-5,16H,1-2H3. The topological polar surface area (TPSA) is 60.6 Å². The molecule has 0 fully saturated rings. The van der Waals surface area contributed by atoms with Gasteiger partial charge in [-0.1, -0.05) is 0 Å². The minimum Gasteiger partial charge on any atom is -0.493 e. The van der Waals surface area contributed by atoms with Gasteiger partial charge >= 0.3 is 12.3 Å². The third-order valence-corrected chi connectivity index (χ3v) is 2.54. The molecule has 5 nitrogen and oxygen atoms in total. The van der Waals surface area contributed by atoms with Crippen molar-refractivity contribution in [1.29, 1.82) is 0 Å². The van der Waals surface area contributed by atoms with E-state index in [1.54, 1.807) is 0 Å². The highest BCUT2D eigenvalue weighted by atomic mass is 19.4. The average Bonchev–Trinajstić information content (AvgIpc) is 2.77. The molecule has 0 aliphatic heterocycles. The summed E-state index contributed by atoms with van der Waals surface area (Å²) in [6.45, 7) is 0. The van der Waals surface area contributed by atoms with Crippen LogP contribution in [-0.4, -0.2) is 31.5 Å². The summed E-state index contributed by atoms with van der Waals surface area (Å²) in [5, 5.41) is 0.366. The minimum absolute atomic E-state index is 0.104. The van der Waals surface area contributed by atoms with Crippen molar-refractivity contribution < 1.29 is 32.2 Å². The van der Waals surface area contributed by atoms with Gasteiger partial charge in [-0.25, -0.2) is 4.79 Å². The van der Waals surface area contributed by atoms with Crippen LogP contribution in [0.15, 0.2) is 18.2 Å². The number of H-pyrrole nitrogens is 1. The van der Waals surface area contributed by atoms with E-state index in [1.807, 2.05) is 0 Å². The highest BCUT2D eigenvalue weighted by molar-refractivity contribution is 5.95. The summed E-state index contributed by atoms with van der Waals surface area (Å²) in [7, 11) is 2.42. The molecule has 0 unspecified atom stereocenters. The molecule has 0 aliphatic rings. The van der Waals surface area contributed by atoms with E-state index in [9.17, 15) is 18.0 Å². The maximum absolute atomic E-state index is 12.3. The Hall–Kier alpha value is -2.38. The SMILES string of the molecule is COC(=O)c1cc2cc(OC(F)(F)F)c(OC)cc2[nH]1. The van der Waals surface area contributed by atoms with Crippen molar-refractivity contribution >= 4 is 16.9 Å². The molecule has 108 valence electrons. The van der Waals surface area contributed by atoms with Gasteiger partial charge in [-0.15, -0.1) is 13.2 Å². The van der Waals surface area contributed by atoms with E-state index in [2.05, 4.69) is 14.5 Å². The lowest BCUT2D eigenvalue weighted by Crippen LogP contribution is -2.17. The van der Waals surface area contributed by atoms with Crippen LogP contribution in [0, 0.1) is 0 Å². The molecule has 0 aliphatic carbocycles. The molecule has 0 atom stereocenters. The van der Waals surface area contributed by atoms with Gasteiger partial charge in [-0.2, -0.15) is 0 Å². The van der Waals surface area contributed by atoms with Gasteiger partial charge in [0.05, 0.1) is 19.7 Å². The van der Waals surface area contributed by atoms with Crippen LogP contribution in [-0.2, 0) is 4.74 Å². The molecule has 0 amide bonds. The molecule has 1 aromatic carbocycles. The predicted molar refractivity (Wildman–Crippen MR) is 62.9 cm³/mol. The van der Waals surface area contributed by atoms with E-state index in [0.717, 1.165) is 6.07 Å². The van der Waals surface area contributed by atoms with E-state index in [4.69, 9.17) is 4.74 Å². The van der Waals surface area contributed by atoms with Crippen LogP contribution in [0.2, 0.25) is 0 Å². The van der Waals surface area contributed by atoms with Crippen LogP contribution in [0.4, 0.5) is 13.2 Å². The van der Waals surface area contributed by atoms with Crippen molar-refractivity contribution in [2.45, 2.75) is 6.36 Å². The number of carbonyl (C=O) groups is 1. The maximum atomic E-state index is 12.3. The first kappa shape index (κ1) is 14.0. The normalized spacial score (nSPS) is 11.4. The van der Waals surface area contributed by atoms with Crippen molar-refractivity contribution in [1.82, 2.24) is 4.98 Å². The molecule has 0 saturated heterocycles. The number of alkyl halides is 3. The van der Waals surface area contributed by atoms with Gasteiger partial charge < -0.3 is 19.2 Å². The Balaban J connectivity index is 2.51. The first-order valence-corrected chi connectivity index (χ1v) is 5.39. The zero-order chi connectivity index (χ0) is 14.9. The van der Waals surface area contributed by atoms with Crippen LogP contribution in [0.1, 0.15) is 10.5 Å². The van der Waals surface area contributed by atoms with Crippen molar-refractivity contribution in [3.05, 3.63) is 23.9 Å². The lowest BCUT2D eigenvalue weighted by atomic mass is 10.2. The number of methoxy groups -OCH3 is 2. The third-order valence-electron chi connectivity index (χ3n) is 2.54. The summed E-state index contributed by atoms with van der Waals surface area (Å²) in [5.41, 5.74) is 0.547. The predicted octanol–water partition coefficient (Wildman–Crippen LogP) is 2.86. The van der Waals surface area contributed by atoms with E-state index < -0.39 is 18.1 Å². The number of hydrogen-bond donors (Lipinski definition) is 1. The molecule has 0 saturated carbocycles. The molecule has 0 bridgehead atoms. The fourth-order valence-electron chi connectivity index (χ4n) is 1.72. The summed E-state index contributed by atoms with van der Waals surface area (Å²) < 4.78 is 50.1. The van der Waals surface area contributed by atoms with Crippen LogP contribution in [0.5, 0.6) is 11.5 Å². The second-order valence-electron chi connectivity index (χ2n) is 3.81. The van der Waals surface area contributed by atoms with E-state index in [0.29, 0.717) is 10.9 Å². The fraction of sp³-hybridized carbons (Fsp3) is 0.250. The number of nitrogens with one attached hydrogen (secondary N) is 1. The zero-order valence-corrected chi connectivity index (χ0v) is 10.5. The Morgan fingerprint density at radius 2 is 1.85 bits per heavy atom. The number of carbonyl (C=O) groups excluding carboxylic acids is 1. The van der Waals surface area contributed by atoms with Gasteiger partial charge in [0.2, 0.25) is 0 Å². The monoisotopic (exact) mass is 289 g/mol. The summed E-state index contributed by atoms with van der Waals surface area (Å²) in [4.78, 5) is 14.1. The Bertz CT molecular complexity index is 648. The Kier molecular flexibility index (Phi) is 3.47. The minimum atomic E-state index is -4.83. The highest BCUT2D eigenvalue weighted by Gasteiger charge is 2.32. The van der Waals surface area contributed by atoms with Crippen molar-refractivity contribution in [3.8, 4) is 11.5 Å². The fourth-order valence-corrected chi connectivity index (χ4v) is 1.72.